The number of rotatable bonds is 8. The minimum Gasteiger partial charge on any atom is -0.306 e. The van der Waals surface area contributed by atoms with E-state index in [2.05, 4.69) is 21.8 Å². The molecule has 0 saturated heterocycles. The molecular formula is C32H30ClN3O3S. The van der Waals surface area contributed by atoms with E-state index in [1.807, 2.05) is 66.4 Å². The second-order valence-electron chi connectivity index (χ2n) is 10.6. The molecule has 8 heteroatoms. The van der Waals surface area contributed by atoms with Gasteiger partial charge >= 0.3 is 0 Å². The van der Waals surface area contributed by atoms with Gasteiger partial charge in [0.15, 0.2) is 0 Å². The Balaban J connectivity index is 1.30. The maximum Gasteiger partial charge on any atom is 0.241 e. The summed E-state index contributed by atoms with van der Waals surface area (Å²) in [5, 5.41) is 0.366. The Morgan fingerprint density at radius 1 is 1.00 bits per heavy atom. The topological polar surface area (TPSA) is 79.4 Å². The van der Waals surface area contributed by atoms with Gasteiger partial charge in [0, 0.05) is 28.4 Å². The summed E-state index contributed by atoms with van der Waals surface area (Å²) in [5.41, 5.74) is 5.61. The van der Waals surface area contributed by atoms with Crippen LogP contribution in [0.3, 0.4) is 0 Å². The number of sulfonamides is 1. The predicted octanol–water partition coefficient (Wildman–Crippen LogP) is 6.35. The average Bonchev–Trinajstić information content (AvgIpc) is 3.67. The van der Waals surface area contributed by atoms with Gasteiger partial charge < -0.3 is 4.90 Å². The third-order valence-electron chi connectivity index (χ3n) is 7.79. The highest BCUT2D eigenvalue weighted by atomic mass is 35.5. The number of anilines is 1. The molecule has 0 unspecified atom stereocenters. The van der Waals surface area contributed by atoms with Gasteiger partial charge in [-0.05, 0) is 91.3 Å². The van der Waals surface area contributed by atoms with Crippen molar-refractivity contribution in [2.75, 3.05) is 4.90 Å². The molecule has 2 aliphatic carbocycles. The van der Waals surface area contributed by atoms with Crippen LogP contribution in [-0.2, 0) is 27.8 Å². The molecule has 0 aliphatic heterocycles. The zero-order valence-corrected chi connectivity index (χ0v) is 23.7. The average molecular weight is 572 g/mol. The second-order valence-corrected chi connectivity index (χ2v) is 12.8. The quantitative estimate of drug-likeness (QED) is 0.267. The molecule has 204 valence electrons. The lowest BCUT2D eigenvalue weighted by atomic mass is 10.1. The maximum atomic E-state index is 14.0. The molecule has 3 aromatic carbocycles. The number of pyridine rings is 1. The van der Waals surface area contributed by atoms with E-state index >= 15 is 0 Å². The first kappa shape index (κ1) is 26.7. The number of halogens is 1. The van der Waals surface area contributed by atoms with Crippen molar-refractivity contribution in [2.45, 2.75) is 49.6 Å². The van der Waals surface area contributed by atoms with Crippen LogP contribution in [0.25, 0.3) is 0 Å². The van der Waals surface area contributed by atoms with Crippen molar-refractivity contribution in [1.29, 1.82) is 0 Å². The van der Waals surface area contributed by atoms with Gasteiger partial charge in [-0.25, -0.2) is 13.1 Å². The van der Waals surface area contributed by atoms with Crippen molar-refractivity contribution < 1.29 is 13.2 Å². The predicted molar refractivity (Wildman–Crippen MR) is 157 cm³/mol. The number of carbonyl (C=O) groups is 1. The monoisotopic (exact) mass is 571 g/mol. The van der Waals surface area contributed by atoms with Crippen molar-refractivity contribution in [3.8, 4) is 0 Å². The van der Waals surface area contributed by atoms with Crippen LogP contribution in [-0.4, -0.2) is 19.3 Å². The number of nitrogens with zero attached hydrogens (tertiary/aromatic N) is 2. The van der Waals surface area contributed by atoms with E-state index in [-0.39, 0.29) is 22.6 Å². The van der Waals surface area contributed by atoms with Gasteiger partial charge in [0.1, 0.15) is 0 Å². The van der Waals surface area contributed by atoms with Gasteiger partial charge in [0.2, 0.25) is 15.9 Å². The zero-order valence-electron chi connectivity index (χ0n) is 22.1. The number of nitrogens with one attached hydrogen (secondary N) is 1. The SMILES string of the molecule is Cc1cccc(CN(C(=O)[C@@H]2C[C@H]2c2ccccc2)c2ccc3c(c2)[C@@H](NS(=O)(=O)c2cccc(Cl)c2)CC3)n1. The Kier molecular flexibility index (Phi) is 7.21. The highest BCUT2D eigenvalue weighted by Gasteiger charge is 2.46. The fourth-order valence-corrected chi connectivity index (χ4v) is 7.20. The molecule has 6 rings (SSSR count). The van der Waals surface area contributed by atoms with Gasteiger partial charge in [0.25, 0.3) is 0 Å². The lowest BCUT2D eigenvalue weighted by molar-refractivity contribution is -0.120. The summed E-state index contributed by atoms with van der Waals surface area (Å²) in [6.45, 7) is 2.28. The summed E-state index contributed by atoms with van der Waals surface area (Å²) < 4.78 is 29.2. The van der Waals surface area contributed by atoms with Crippen molar-refractivity contribution in [2.24, 2.45) is 5.92 Å². The third-order valence-corrected chi connectivity index (χ3v) is 9.49. The van der Waals surface area contributed by atoms with E-state index in [1.54, 1.807) is 12.1 Å². The molecule has 3 atom stereocenters. The standard InChI is InChI=1S/C32H30ClN3O3S/c1-21-7-5-11-25(34-21)20-36(32(37)30-19-28(30)22-8-3-2-4-9-22)26-15-13-23-14-16-31(29(23)18-26)35-40(38,39)27-12-6-10-24(33)17-27/h2-13,15,17-18,28,30-31,35H,14,16,19-20H2,1H3/t28-,30+,31-/m0/s1. The van der Waals surface area contributed by atoms with Crippen LogP contribution >= 0.6 is 11.6 Å². The fourth-order valence-electron chi connectivity index (χ4n) is 5.65. The third kappa shape index (κ3) is 5.55. The van der Waals surface area contributed by atoms with Gasteiger partial charge in [-0.1, -0.05) is 60.1 Å². The van der Waals surface area contributed by atoms with Crippen LogP contribution in [0.15, 0.2) is 95.9 Å². The van der Waals surface area contributed by atoms with E-state index in [4.69, 9.17) is 11.6 Å². The molecule has 4 aromatic rings. The molecule has 40 heavy (non-hydrogen) atoms. The molecule has 0 spiro atoms. The van der Waals surface area contributed by atoms with Gasteiger partial charge in [0.05, 0.1) is 17.1 Å². The van der Waals surface area contributed by atoms with Crippen LogP contribution in [0.4, 0.5) is 5.69 Å². The number of aryl methyl sites for hydroxylation is 2. The molecule has 6 nitrogen and oxygen atoms in total. The summed E-state index contributed by atoms with van der Waals surface area (Å²) in [6, 6.07) is 27.8. The number of aromatic nitrogens is 1. The summed E-state index contributed by atoms with van der Waals surface area (Å²) >= 11 is 6.06. The summed E-state index contributed by atoms with van der Waals surface area (Å²) in [5.74, 6) is 0.164. The van der Waals surface area contributed by atoms with Gasteiger partial charge in [-0.3, -0.25) is 9.78 Å². The molecule has 1 heterocycles. The molecular weight excluding hydrogens is 542 g/mol. The van der Waals surface area contributed by atoms with Crippen molar-refractivity contribution in [1.82, 2.24) is 9.71 Å². The molecule has 1 N–H and O–H groups in total. The minimum atomic E-state index is -3.78. The smallest absolute Gasteiger partial charge is 0.241 e. The van der Waals surface area contributed by atoms with Crippen LogP contribution < -0.4 is 9.62 Å². The van der Waals surface area contributed by atoms with Crippen molar-refractivity contribution in [3.63, 3.8) is 0 Å². The first-order valence-electron chi connectivity index (χ1n) is 13.5. The molecule has 1 aromatic heterocycles. The first-order valence-corrected chi connectivity index (χ1v) is 15.3. The Hall–Kier alpha value is -3.52. The van der Waals surface area contributed by atoms with Crippen LogP contribution in [0, 0.1) is 12.8 Å². The number of amides is 1. The summed E-state index contributed by atoms with van der Waals surface area (Å²) in [6.07, 6.45) is 2.21. The maximum absolute atomic E-state index is 14.0. The van der Waals surface area contributed by atoms with Crippen molar-refractivity contribution >= 4 is 33.2 Å². The second kappa shape index (κ2) is 10.8. The Bertz CT molecular complexity index is 1680. The minimum absolute atomic E-state index is 0.0613. The summed E-state index contributed by atoms with van der Waals surface area (Å²) in [7, 11) is -3.78. The zero-order chi connectivity index (χ0) is 27.9. The van der Waals surface area contributed by atoms with E-state index < -0.39 is 16.1 Å². The molecule has 2 aliphatic rings. The lowest BCUT2D eigenvalue weighted by Gasteiger charge is -2.25. The fraction of sp³-hybridized carbons (Fsp3) is 0.250. The Labute approximate surface area is 240 Å². The van der Waals surface area contributed by atoms with Crippen LogP contribution in [0.5, 0.6) is 0 Å². The van der Waals surface area contributed by atoms with E-state index in [0.29, 0.717) is 18.0 Å². The normalized spacial score (nSPS) is 19.7. The van der Waals surface area contributed by atoms with Crippen molar-refractivity contribution in [3.05, 3.63) is 124 Å². The molecule has 0 radical (unpaired) electrons. The largest absolute Gasteiger partial charge is 0.306 e. The highest BCUT2D eigenvalue weighted by molar-refractivity contribution is 7.89. The molecule has 1 amide bonds. The first-order chi connectivity index (χ1) is 19.3. The summed E-state index contributed by atoms with van der Waals surface area (Å²) in [4.78, 5) is 20.6. The van der Waals surface area contributed by atoms with Crippen LogP contribution in [0.2, 0.25) is 5.02 Å². The van der Waals surface area contributed by atoms with E-state index in [9.17, 15) is 13.2 Å². The lowest BCUT2D eigenvalue weighted by Crippen LogP contribution is -2.33. The van der Waals surface area contributed by atoms with Crippen LogP contribution in [0.1, 0.15) is 52.9 Å². The van der Waals surface area contributed by atoms with Gasteiger partial charge in [-0.2, -0.15) is 0 Å². The number of fused-ring (bicyclic) bond motifs is 1. The molecule has 1 saturated carbocycles. The molecule has 1 fully saturated rings. The number of hydrogen-bond acceptors (Lipinski definition) is 4. The number of carbonyl (C=O) groups excluding carboxylic acids is 1. The Morgan fingerprint density at radius 3 is 2.58 bits per heavy atom. The highest BCUT2D eigenvalue weighted by Crippen LogP contribution is 2.49. The Morgan fingerprint density at radius 2 is 1.80 bits per heavy atom. The number of hydrogen-bond donors (Lipinski definition) is 1. The van der Waals surface area contributed by atoms with E-state index in [0.717, 1.165) is 41.0 Å². The van der Waals surface area contributed by atoms with E-state index in [1.165, 1.54) is 17.7 Å². The number of benzene rings is 3. The van der Waals surface area contributed by atoms with Gasteiger partial charge in [-0.15, -0.1) is 0 Å². The molecule has 0 bridgehead atoms.